The topological polar surface area (TPSA) is 91.1 Å². The molecule has 3 aromatic rings. The zero-order valence-electron chi connectivity index (χ0n) is 24.5. The lowest BCUT2D eigenvalue weighted by Gasteiger charge is -2.30. The van der Waals surface area contributed by atoms with Crippen LogP contribution in [0.15, 0.2) is 70.2 Å². The highest BCUT2D eigenvalue weighted by Crippen LogP contribution is 2.25. The summed E-state index contributed by atoms with van der Waals surface area (Å²) in [5.41, 5.74) is 4.57. The number of oxazole rings is 1. The molecule has 0 fully saturated rings. The summed E-state index contributed by atoms with van der Waals surface area (Å²) in [5.74, 6) is 2.17. The Morgan fingerprint density at radius 3 is 2.46 bits per heavy atom. The third-order valence-electron chi connectivity index (χ3n) is 6.92. The summed E-state index contributed by atoms with van der Waals surface area (Å²) in [7, 11) is 0. The molecule has 1 amide bonds. The van der Waals surface area contributed by atoms with Gasteiger partial charge in [-0.15, -0.1) is 0 Å². The first kappa shape index (κ1) is 29.9. The number of carbonyl (C=O) groups excluding carboxylic acids is 2. The van der Waals surface area contributed by atoms with Gasteiger partial charge in [0.25, 0.3) is 0 Å². The molecule has 0 aliphatic carbocycles. The van der Waals surface area contributed by atoms with Crippen LogP contribution >= 0.6 is 0 Å². The second-order valence-electron chi connectivity index (χ2n) is 10.6. The Balaban J connectivity index is 1.31. The molecule has 218 valence electrons. The highest BCUT2D eigenvalue weighted by atomic mass is 16.6. The predicted octanol–water partition coefficient (Wildman–Crippen LogP) is 6.56. The normalized spacial score (nSPS) is 13.4. The molecule has 1 aromatic heterocycles. The van der Waals surface area contributed by atoms with Crippen LogP contribution in [0.1, 0.15) is 50.6 Å². The van der Waals surface area contributed by atoms with Gasteiger partial charge in [-0.25, -0.2) is 14.6 Å². The van der Waals surface area contributed by atoms with Crippen LogP contribution in [-0.2, 0) is 27.1 Å². The molecule has 4 rings (SSSR count). The molecule has 0 saturated carbocycles. The van der Waals surface area contributed by atoms with Crippen LogP contribution in [0, 0.1) is 12.8 Å². The summed E-state index contributed by atoms with van der Waals surface area (Å²) in [4.78, 5) is 31.5. The SMILES string of the molecule is CCOC(=O)C1=C(CCc2ccc(OCCc3nc(-c4ccccc4)oc3C)cc2)CN(C(=O)OCC(C)C)CC1. The van der Waals surface area contributed by atoms with Gasteiger partial charge in [-0.05, 0) is 74.4 Å². The molecular weight excluding hydrogens is 520 g/mol. The summed E-state index contributed by atoms with van der Waals surface area (Å²) in [6.45, 7) is 9.73. The van der Waals surface area contributed by atoms with E-state index in [9.17, 15) is 9.59 Å². The van der Waals surface area contributed by atoms with Crippen LogP contribution in [0.25, 0.3) is 11.5 Å². The molecule has 0 unspecified atom stereocenters. The number of benzene rings is 2. The maximum Gasteiger partial charge on any atom is 0.410 e. The van der Waals surface area contributed by atoms with E-state index in [1.807, 2.05) is 75.4 Å². The van der Waals surface area contributed by atoms with Crippen LogP contribution < -0.4 is 4.74 Å². The Labute approximate surface area is 242 Å². The van der Waals surface area contributed by atoms with Gasteiger partial charge in [0.1, 0.15) is 11.5 Å². The molecule has 0 N–H and O–H groups in total. The molecule has 0 spiro atoms. The number of rotatable bonds is 12. The van der Waals surface area contributed by atoms with E-state index in [1.54, 1.807) is 11.8 Å². The van der Waals surface area contributed by atoms with E-state index in [2.05, 4.69) is 4.98 Å². The fraction of sp³-hybridized carbons (Fsp3) is 0.424. The van der Waals surface area contributed by atoms with Gasteiger partial charge in [0.2, 0.25) is 5.89 Å². The van der Waals surface area contributed by atoms with Crippen LogP contribution in [0.5, 0.6) is 5.75 Å². The number of aryl methyl sites for hydroxylation is 2. The van der Waals surface area contributed by atoms with Gasteiger partial charge in [0.05, 0.1) is 25.5 Å². The van der Waals surface area contributed by atoms with Gasteiger partial charge in [0.15, 0.2) is 0 Å². The van der Waals surface area contributed by atoms with Crippen molar-refractivity contribution in [2.45, 2.75) is 53.4 Å². The van der Waals surface area contributed by atoms with Crippen LogP contribution in [-0.4, -0.2) is 54.9 Å². The van der Waals surface area contributed by atoms with Crippen molar-refractivity contribution in [2.75, 3.05) is 32.9 Å². The Morgan fingerprint density at radius 2 is 1.76 bits per heavy atom. The van der Waals surface area contributed by atoms with Crippen molar-refractivity contribution in [2.24, 2.45) is 5.92 Å². The summed E-state index contributed by atoms with van der Waals surface area (Å²) in [6, 6.07) is 17.8. The van der Waals surface area contributed by atoms with E-state index in [0.717, 1.165) is 40.3 Å². The monoisotopic (exact) mass is 560 g/mol. The summed E-state index contributed by atoms with van der Waals surface area (Å²) < 4.78 is 22.5. The Morgan fingerprint density at radius 1 is 1.00 bits per heavy atom. The minimum Gasteiger partial charge on any atom is -0.493 e. The number of hydrogen-bond acceptors (Lipinski definition) is 7. The molecule has 0 atom stereocenters. The van der Waals surface area contributed by atoms with E-state index < -0.39 is 0 Å². The summed E-state index contributed by atoms with van der Waals surface area (Å²) in [6.07, 6.45) is 2.16. The Kier molecular flexibility index (Phi) is 10.6. The fourth-order valence-electron chi connectivity index (χ4n) is 4.69. The largest absolute Gasteiger partial charge is 0.493 e. The third-order valence-corrected chi connectivity index (χ3v) is 6.92. The highest BCUT2D eigenvalue weighted by Gasteiger charge is 2.27. The van der Waals surface area contributed by atoms with Gasteiger partial charge >= 0.3 is 12.1 Å². The lowest BCUT2D eigenvalue weighted by Crippen LogP contribution is -2.39. The maximum absolute atomic E-state index is 12.6. The molecule has 0 bridgehead atoms. The smallest absolute Gasteiger partial charge is 0.410 e. The Bertz CT molecular complexity index is 1330. The van der Waals surface area contributed by atoms with Crippen molar-refractivity contribution in [3.05, 3.63) is 82.8 Å². The number of ether oxygens (including phenoxy) is 3. The quantitative estimate of drug-likeness (QED) is 0.232. The van der Waals surface area contributed by atoms with Crippen molar-refractivity contribution < 1.29 is 28.2 Å². The molecule has 2 aromatic carbocycles. The van der Waals surface area contributed by atoms with E-state index in [4.69, 9.17) is 18.6 Å². The molecule has 8 heteroatoms. The second-order valence-corrected chi connectivity index (χ2v) is 10.6. The number of hydrogen-bond donors (Lipinski definition) is 0. The zero-order valence-corrected chi connectivity index (χ0v) is 24.5. The van der Waals surface area contributed by atoms with Crippen molar-refractivity contribution in [3.8, 4) is 17.2 Å². The third kappa shape index (κ3) is 8.46. The molecule has 1 aliphatic heterocycles. The maximum atomic E-state index is 12.6. The zero-order chi connectivity index (χ0) is 29.2. The second kappa shape index (κ2) is 14.5. The van der Waals surface area contributed by atoms with Crippen molar-refractivity contribution in [3.63, 3.8) is 0 Å². The van der Waals surface area contributed by atoms with Crippen LogP contribution in [0.3, 0.4) is 0 Å². The van der Waals surface area contributed by atoms with E-state index >= 15 is 0 Å². The molecule has 0 radical (unpaired) electrons. The van der Waals surface area contributed by atoms with Crippen LogP contribution in [0.2, 0.25) is 0 Å². The van der Waals surface area contributed by atoms with Crippen LogP contribution in [0.4, 0.5) is 4.79 Å². The number of carbonyl (C=O) groups is 2. The minimum absolute atomic E-state index is 0.264. The lowest BCUT2D eigenvalue weighted by atomic mass is 9.94. The first-order chi connectivity index (χ1) is 19.8. The number of amides is 1. The average Bonchev–Trinajstić information content (AvgIpc) is 3.36. The van der Waals surface area contributed by atoms with Crippen molar-refractivity contribution >= 4 is 12.1 Å². The molecule has 2 heterocycles. The number of esters is 1. The average molecular weight is 561 g/mol. The molecule has 41 heavy (non-hydrogen) atoms. The first-order valence-electron chi connectivity index (χ1n) is 14.4. The minimum atomic E-state index is -0.335. The van der Waals surface area contributed by atoms with Gasteiger partial charge in [0, 0.05) is 30.6 Å². The fourth-order valence-corrected chi connectivity index (χ4v) is 4.69. The number of nitrogens with zero attached hydrogens (tertiary/aromatic N) is 2. The predicted molar refractivity (Wildman–Crippen MR) is 157 cm³/mol. The molecule has 1 aliphatic rings. The highest BCUT2D eigenvalue weighted by molar-refractivity contribution is 5.90. The molecular formula is C33H40N2O6. The number of aromatic nitrogens is 1. The van der Waals surface area contributed by atoms with E-state index in [0.29, 0.717) is 63.6 Å². The molecule has 0 saturated heterocycles. The van der Waals surface area contributed by atoms with Gasteiger partial charge in [-0.3, -0.25) is 0 Å². The van der Waals surface area contributed by atoms with Crippen molar-refractivity contribution in [1.82, 2.24) is 9.88 Å². The first-order valence-corrected chi connectivity index (χ1v) is 14.4. The Hall–Kier alpha value is -4.07. The van der Waals surface area contributed by atoms with E-state index in [-0.39, 0.29) is 18.0 Å². The summed E-state index contributed by atoms with van der Waals surface area (Å²) >= 11 is 0. The van der Waals surface area contributed by atoms with Gasteiger partial charge < -0.3 is 23.5 Å². The van der Waals surface area contributed by atoms with Gasteiger partial charge in [-0.2, -0.15) is 0 Å². The van der Waals surface area contributed by atoms with Crippen molar-refractivity contribution in [1.29, 1.82) is 0 Å². The summed E-state index contributed by atoms with van der Waals surface area (Å²) in [5, 5.41) is 0. The standard InChI is InChI=1S/C33H40N2O6/c1-5-38-32(36)29-17-19-35(33(37)40-22-23(2)3)21-27(29)14-11-25-12-15-28(16-13-25)39-20-18-30-24(4)41-31(34-30)26-9-7-6-8-10-26/h6-10,12-13,15-16,23H,5,11,14,17-22H2,1-4H3. The molecule has 8 nitrogen and oxygen atoms in total. The van der Waals surface area contributed by atoms with Gasteiger partial charge in [-0.1, -0.05) is 44.2 Å². The van der Waals surface area contributed by atoms with E-state index in [1.165, 1.54) is 0 Å². The lowest BCUT2D eigenvalue weighted by molar-refractivity contribution is -0.138.